The average molecular weight is 302 g/mol. The van der Waals surface area contributed by atoms with E-state index in [-0.39, 0.29) is 6.61 Å². The first-order chi connectivity index (χ1) is 10.2. The lowest BCUT2D eigenvalue weighted by Crippen LogP contribution is -2.07. The molecule has 110 valence electrons. The van der Waals surface area contributed by atoms with Crippen molar-refractivity contribution in [3.63, 3.8) is 0 Å². The van der Waals surface area contributed by atoms with Gasteiger partial charge in [-0.25, -0.2) is 9.50 Å². The number of aliphatic hydroxyl groups excluding tert-OH is 1. The van der Waals surface area contributed by atoms with Crippen LogP contribution >= 0.6 is 11.3 Å². The van der Waals surface area contributed by atoms with Crippen LogP contribution < -0.4 is 5.32 Å². The summed E-state index contributed by atoms with van der Waals surface area (Å²) in [6.07, 6.45) is 1.90. The summed E-state index contributed by atoms with van der Waals surface area (Å²) in [6.45, 7) is 5.23. The summed E-state index contributed by atoms with van der Waals surface area (Å²) in [5.41, 5.74) is 2.67. The monoisotopic (exact) mass is 302 g/mol. The number of hydrogen-bond acceptors (Lipinski definition) is 5. The van der Waals surface area contributed by atoms with Crippen molar-refractivity contribution in [2.45, 2.75) is 20.5 Å². The third-order valence-electron chi connectivity index (χ3n) is 3.17. The summed E-state index contributed by atoms with van der Waals surface area (Å²) >= 11 is 1.54. The zero-order chi connectivity index (χ0) is 14.8. The molecule has 0 fully saturated rings. The summed E-state index contributed by atoms with van der Waals surface area (Å²) in [6, 6.07) is 7.74. The van der Waals surface area contributed by atoms with Gasteiger partial charge in [-0.15, -0.1) is 5.10 Å². The molecule has 0 bridgehead atoms. The Hall–Kier alpha value is -1.92. The van der Waals surface area contributed by atoms with E-state index in [9.17, 15) is 5.11 Å². The minimum absolute atomic E-state index is 0.00989. The van der Waals surface area contributed by atoms with Crippen molar-refractivity contribution >= 4 is 21.4 Å². The summed E-state index contributed by atoms with van der Waals surface area (Å²) in [7, 11) is 0. The van der Waals surface area contributed by atoms with Crippen LogP contribution in [0.15, 0.2) is 30.5 Å². The first-order valence-electron chi connectivity index (χ1n) is 6.96. The van der Waals surface area contributed by atoms with Crippen LogP contribution in [0, 0.1) is 5.92 Å². The van der Waals surface area contributed by atoms with Crippen molar-refractivity contribution < 1.29 is 5.11 Å². The lowest BCUT2D eigenvalue weighted by molar-refractivity contribution is 0.282. The number of fused-ring (bicyclic) bond motifs is 1. The van der Waals surface area contributed by atoms with Crippen molar-refractivity contribution in [2.75, 3.05) is 11.9 Å². The Morgan fingerprint density at radius 2 is 2.14 bits per heavy atom. The van der Waals surface area contributed by atoms with E-state index in [1.54, 1.807) is 4.52 Å². The molecule has 6 heteroatoms. The predicted molar refractivity (Wildman–Crippen MR) is 85.6 cm³/mol. The van der Waals surface area contributed by atoms with E-state index in [4.69, 9.17) is 0 Å². The molecule has 0 atom stereocenters. The number of aromatic nitrogens is 3. The number of nitrogens with one attached hydrogen (secondary N) is 1. The van der Waals surface area contributed by atoms with Crippen LogP contribution in [0.1, 0.15) is 19.4 Å². The second kappa shape index (κ2) is 5.83. The van der Waals surface area contributed by atoms with Crippen molar-refractivity contribution in [1.82, 2.24) is 14.6 Å². The minimum atomic E-state index is 0.00989. The Kier molecular flexibility index (Phi) is 3.90. The van der Waals surface area contributed by atoms with E-state index in [0.717, 1.165) is 33.5 Å². The number of anilines is 1. The lowest BCUT2D eigenvalue weighted by Gasteiger charge is -2.04. The molecule has 0 spiro atoms. The number of nitrogens with zero attached hydrogens (tertiary/aromatic N) is 3. The third-order valence-corrected chi connectivity index (χ3v) is 4.05. The standard InChI is InChI=1S/C15H18N4OS/c1-10(2)7-16-14-18-19-8-13(17-15(19)21-14)12-6-4-3-5-11(12)9-20/h3-6,8,10,20H,7,9H2,1-2H3,(H,16,18). The zero-order valence-corrected chi connectivity index (χ0v) is 12.9. The molecular weight excluding hydrogens is 284 g/mol. The van der Waals surface area contributed by atoms with E-state index >= 15 is 0 Å². The van der Waals surface area contributed by atoms with Crippen LogP contribution in [0.25, 0.3) is 16.2 Å². The highest BCUT2D eigenvalue weighted by Gasteiger charge is 2.12. The van der Waals surface area contributed by atoms with Crippen LogP contribution in [-0.4, -0.2) is 26.2 Å². The summed E-state index contributed by atoms with van der Waals surface area (Å²) in [5.74, 6) is 0.577. The molecule has 0 saturated heterocycles. The van der Waals surface area contributed by atoms with Gasteiger partial charge in [-0.2, -0.15) is 0 Å². The minimum Gasteiger partial charge on any atom is -0.392 e. The molecule has 0 aliphatic heterocycles. The quantitative estimate of drug-likeness (QED) is 0.760. The van der Waals surface area contributed by atoms with E-state index in [0.29, 0.717) is 5.92 Å². The van der Waals surface area contributed by atoms with Gasteiger partial charge in [-0.1, -0.05) is 49.4 Å². The van der Waals surface area contributed by atoms with Crippen LogP contribution in [0.4, 0.5) is 5.13 Å². The van der Waals surface area contributed by atoms with Crippen LogP contribution in [0.5, 0.6) is 0 Å². The molecule has 2 aromatic heterocycles. The molecule has 0 amide bonds. The molecule has 2 N–H and O–H groups in total. The predicted octanol–water partition coefficient (Wildman–Crippen LogP) is 3.02. The van der Waals surface area contributed by atoms with Crippen molar-refractivity contribution in [3.8, 4) is 11.3 Å². The van der Waals surface area contributed by atoms with Crippen molar-refractivity contribution in [3.05, 3.63) is 36.0 Å². The maximum absolute atomic E-state index is 9.41. The van der Waals surface area contributed by atoms with Crippen molar-refractivity contribution in [2.24, 2.45) is 5.92 Å². The molecule has 2 heterocycles. The third kappa shape index (κ3) is 2.91. The SMILES string of the molecule is CC(C)CNc1nn2cc(-c3ccccc3CO)nc2s1. The van der Waals surface area contributed by atoms with E-state index < -0.39 is 0 Å². The average Bonchev–Trinajstić information content (AvgIpc) is 3.03. The van der Waals surface area contributed by atoms with Crippen LogP contribution in [-0.2, 0) is 6.61 Å². The lowest BCUT2D eigenvalue weighted by atomic mass is 10.1. The Labute approximate surface area is 127 Å². The normalized spacial score (nSPS) is 11.4. The van der Waals surface area contributed by atoms with Gasteiger partial charge in [0.2, 0.25) is 10.1 Å². The van der Waals surface area contributed by atoms with Gasteiger partial charge in [-0.3, -0.25) is 0 Å². The zero-order valence-electron chi connectivity index (χ0n) is 12.1. The maximum atomic E-state index is 9.41. The van der Waals surface area contributed by atoms with Crippen molar-refractivity contribution in [1.29, 1.82) is 0 Å². The van der Waals surface area contributed by atoms with E-state index in [2.05, 4.69) is 29.2 Å². The smallest absolute Gasteiger partial charge is 0.214 e. The van der Waals surface area contributed by atoms with Gasteiger partial charge in [0.1, 0.15) is 0 Å². The largest absolute Gasteiger partial charge is 0.392 e. The second-order valence-corrected chi connectivity index (χ2v) is 6.31. The fourth-order valence-corrected chi connectivity index (χ4v) is 2.89. The molecule has 3 rings (SSSR count). The molecule has 0 radical (unpaired) electrons. The number of benzene rings is 1. The highest BCUT2D eigenvalue weighted by molar-refractivity contribution is 7.20. The Morgan fingerprint density at radius 3 is 2.86 bits per heavy atom. The highest BCUT2D eigenvalue weighted by Crippen LogP contribution is 2.26. The summed E-state index contributed by atoms with van der Waals surface area (Å²) in [4.78, 5) is 5.46. The molecule has 0 aliphatic carbocycles. The van der Waals surface area contributed by atoms with Gasteiger partial charge < -0.3 is 10.4 Å². The molecule has 5 nitrogen and oxygen atoms in total. The Bertz CT molecular complexity index is 716. The first kappa shape index (κ1) is 14.0. The summed E-state index contributed by atoms with van der Waals surface area (Å²) in [5, 5.41) is 18.1. The molecule has 0 aliphatic rings. The Balaban J connectivity index is 1.90. The fraction of sp³-hybridized carbons (Fsp3) is 0.333. The highest BCUT2D eigenvalue weighted by atomic mass is 32.1. The van der Waals surface area contributed by atoms with Gasteiger partial charge >= 0.3 is 0 Å². The molecule has 1 aromatic carbocycles. The topological polar surface area (TPSA) is 62.5 Å². The van der Waals surface area contributed by atoms with Gasteiger partial charge in [-0.05, 0) is 11.5 Å². The van der Waals surface area contributed by atoms with Gasteiger partial charge in [0.25, 0.3) is 0 Å². The van der Waals surface area contributed by atoms with Gasteiger partial charge in [0.05, 0.1) is 18.5 Å². The Morgan fingerprint density at radius 1 is 1.33 bits per heavy atom. The molecule has 3 aromatic rings. The first-order valence-corrected chi connectivity index (χ1v) is 7.78. The molecule has 0 saturated carbocycles. The number of rotatable bonds is 5. The van der Waals surface area contributed by atoms with Crippen LogP contribution in [0.3, 0.4) is 0 Å². The molecule has 0 unspecified atom stereocenters. The maximum Gasteiger partial charge on any atom is 0.214 e. The van der Waals surface area contributed by atoms with Gasteiger partial charge in [0.15, 0.2) is 0 Å². The van der Waals surface area contributed by atoms with Crippen LogP contribution in [0.2, 0.25) is 0 Å². The van der Waals surface area contributed by atoms with E-state index in [1.165, 1.54) is 11.3 Å². The fourth-order valence-electron chi connectivity index (χ4n) is 2.10. The number of imidazole rings is 1. The number of hydrogen-bond donors (Lipinski definition) is 2. The summed E-state index contributed by atoms with van der Waals surface area (Å²) < 4.78 is 1.79. The number of aliphatic hydroxyl groups is 1. The second-order valence-electron chi connectivity index (χ2n) is 5.35. The van der Waals surface area contributed by atoms with Gasteiger partial charge in [0, 0.05) is 12.1 Å². The molecule has 21 heavy (non-hydrogen) atoms. The van der Waals surface area contributed by atoms with E-state index in [1.807, 2.05) is 30.5 Å². The molecular formula is C15H18N4OS.